The van der Waals surface area contributed by atoms with Crippen molar-refractivity contribution in [2.45, 2.75) is 64.0 Å². The van der Waals surface area contributed by atoms with Crippen LogP contribution in [0, 0.1) is 0 Å². The summed E-state index contributed by atoms with van der Waals surface area (Å²) in [6.45, 7) is 13.2. The van der Waals surface area contributed by atoms with Gasteiger partial charge in [0.25, 0.3) is 0 Å². The Morgan fingerprint density at radius 1 is 0.882 bits per heavy atom. The topological polar surface area (TPSA) is 61.3 Å². The first-order chi connectivity index (χ1) is 7.73. The highest BCUT2D eigenvalue weighted by Gasteiger charge is 2.36. The first kappa shape index (κ1) is 17.3. The largest absolute Gasteiger partial charge is 0.456 e. The van der Waals surface area contributed by atoms with Crippen molar-refractivity contribution >= 4 is 16.6 Å². The van der Waals surface area contributed by atoms with Crippen molar-refractivity contribution in [3.63, 3.8) is 0 Å². The summed E-state index contributed by atoms with van der Waals surface area (Å²) >= 11 is 0. The minimum absolute atomic E-state index is 0.710. The van der Waals surface area contributed by atoms with Gasteiger partial charge in [0.05, 0.1) is 0 Å². The molecule has 0 bridgehead atoms. The van der Waals surface area contributed by atoms with E-state index >= 15 is 0 Å². The molecule has 0 fully saturated rings. The highest BCUT2D eigenvalue weighted by atomic mass is 28.4. The quantitative estimate of drug-likeness (QED) is 0.637. The van der Waals surface area contributed by atoms with Gasteiger partial charge in [0.1, 0.15) is 0 Å². The molecule has 0 saturated heterocycles. The van der Waals surface area contributed by atoms with E-state index in [1.807, 2.05) is 0 Å². The van der Waals surface area contributed by atoms with E-state index in [1.54, 1.807) is 0 Å². The minimum Gasteiger partial charge on any atom is -0.456 e. The molecule has 17 heavy (non-hydrogen) atoms. The molecule has 0 heterocycles. The fraction of sp³-hybridized carbons (Fsp3) is 1.00. The number of hydrogen-bond acceptors (Lipinski definition) is 3. The van der Waals surface area contributed by atoms with Crippen LogP contribution in [0.1, 0.15) is 25.7 Å². The zero-order chi connectivity index (χ0) is 13.5. The Morgan fingerprint density at radius 2 is 1.29 bits per heavy atom. The second-order valence-electron chi connectivity index (χ2n) is 6.38. The van der Waals surface area contributed by atoms with Crippen molar-refractivity contribution in [1.29, 1.82) is 0 Å². The maximum Gasteiger partial charge on any atom is 0.176 e. The molecule has 0 aliphatic rings. The molecule has 0 radical (unpaired) electrons. The molecule has 0 aliphatic carbocycles. The van der Waals surface area contributed by atoms with E-state index in [0.717, 1.165) is 25.9 Å². The molecular formula is C12H32N2OSi2. The van der Waals surface area contributed by atoms with E-state index in [2.05, 4.69) is 32.7 Å². The van der Waals surface area contributed by atoms with Crippen molar-refractivity contribution in [2.75, 3.05) is 13.1 Å². The standard InChI is InChI=1S/C12H32N2OSi2/c1-16(2,3)15-17(4,5)12(8-6-10-13)9-7-11-14/h12H,6-11,13-14H2,1-5H3. The molecule has 0 spiro atoms. The zero-order valence-corrected chi connectivity index (χ0v) is 14.4. The van der Waals surface area contributed by atoms with Crippen molar-refractivity contribution in [3.8, 4) is 0 Å². The molecule has 0 atom stereocenters. The lowest BCUT2D eigenvalue weighted by molar-refractivity contribution is 0.487. The minimum atomic E-state index is -1.59. The molecule has 0 aromatic rings. The molecule has 0 saturated carbocycles. The van der Waals surface area contributed by atoms with Gasteiger partial charge in [-0.1, -0.05) is 0 Å². The molecule has 0 aromatic heterocycles. The van der Waals surface area contributed by atoms with Crippen LogP contribution in [0.25, 0.3) is 0 Å². The van der Waals surface area contributed by atoms with Crippen LogP contribution < -0.4 is 11.5 Å². The number of nitrogens with two attached hydrogens (primary N) is 2. The van der Waals surface area contributed by atoms with Crippen molar-refractivity contribution in [2.24, 2.45) is 11.5 Å². The Kier molecular flexibility index (Phi) is 7.83. The summed E-state index contributed by atoms with van der Waals surface area (Å²) < 4.78 is 6.48. The van der Waals surface area contributed by atoms with Crippen LogP contribution >= 0.6 is 0 Å². The van der Waals surface area contributed by atoms with Crippen molar-refractivity contribution in [1.82, 2.24) is 0 Å². The van der Waals surface area contributed by atoms with Gasteiger partial charge in [0.15, 0.2) is 16.6 Å². The predicted molar refractivity (Wildman–Crippen MR) is 82.2 cm³/mol. The lowest BCUT2D eigenvalue weighted by atomic mass is 10.1. The maximum atomic E-state index is 6.48. The second-order valence-corrected chi connectivity index (χ2v) is 15.4. The van der Waals surface area contributed by atoms with E-state index < -0.39 is 16.6 Å². The normalized spacial score (nSPS) is 13.4. The average molecular weight is 277 g/mol. The summed E-state index contributed by atoms with van der Waals surface area (Å²) in [6.07, 6.45) is 4.64. The molecule has 4 N–H and O–H groups in total. The molecule has 0 rings (SSSR count). The Bertz CT molecular complexity index is 197. The van der Waals surface area contributed by atoms with Gasteiger partial charge >= 0.3 is 0 Å². The SMILES string of the molecule is C[Si](C)(C)O[Si](C)(C)C(CCCN)CCCN. The number of hydrogen-bond donors (Lipinski definition) is 2. The fourth-order valence-corrected chi connectivity index (χ4v) is 11.2. The van der Waals surface area contributed by atoms with Gasteiger partial charge in [0, 0.05) is 0 Å². The summed E-state index contributed by atoms with van der Waals surface area (Å²) in [5, 5.41) is 0. The van der Waals surface area contributed by atoms with Crippen LogP contribution in [-0.4, -0.2) is 29.7 Å². The van der Waals surface area contributed by atoms with Crippen LogP contribution in [0.3, 0.4) is 0 Å². The second kappa shape index (κ2) is 7.68. The molecule has 0 aromatic carbocycles. The third kappa shape index (κ3) is 8.10. The Labute approximate surface area is 110 Å². The molecule has 3 nitrogen and oxygen atoms in total. The van der Waals surface area contributed by atoms with Crippen LogP contribution in [0.2, 0.25) is 38.3 Å². The summed E-state index contributed by atoms with van der Waals surface area (Å²) in [5.74, 6) is 0. The van der Waals surface area contributed by atoms with Gasteiger partial charge in [-0.2, -0.15) is 0 Å². The van der Waals surface area contributed by atoms with Crippen molar-refractivity contribution in [3.05, 3.63) is 0 Å². The molecule has 5 heteroatoms. The summed E-state index contributed by atoms with van der Waals surface area (Å²) in [6, 6.07) is 0. The lowest BCUT2D eigenvalue weighted by Crippen LogP contribution is -2.46. The highest BCUT2D eigenvalue weighted by Crippen LogP contribution is 2.34. The van der Waals surface area contributed by atoms with Crippen molar-refractivity contribution < 1.29 is 4.12 Å². The van der Waals surface area contributed by atoms with E-state index in [1.165, 1.54) is 12.8 Å². The highest BCUT2D eigenvalue weighted by molar-refractivity contribution is 6.85. The van der Waals surface area contributed by atoms with Crippen LogP contribution in [0.4, 0.5) is 0 Å². The van der Waals surface area contributed by atoms with E-state index in [-0.39, 0.29) is 0 Å². The van der Waals surface area contributed by atoms with Gasteiger partial charge in [-0.15, -0.1) is 0 Å². The fourth-order valence-electron chi connectivity index (χ4n) is 2.44. The molecule has 0 aliphatic heterocycles. The van der Waals surface area contributed by atoms with Gasteiger partial charge in [-0.25, -0.2) is 0 Å². The van der Waals surface area contributed by atoms with Gasteiger partial charge in [-0.05, 0) is 77.0 Å². The van der Waals surface area contributed by atoms with Gasteiger partial charge in [-0.3, -0.25) is 0 Å². The predicted octanol–water partition coefficient (Wildman–Crippen LogP) is 2.89. The van der Waals surface area contributed by atoms with Gasteiger partial charge in [0.2, 0.25) is 0 Å². The van der Waals surface area contributed by atoms with E-state index in [4.69, 9.17) is 15.6 Å². The molecular weight excluding hydrogens is 244 g/mol. The lowest BCUT2D eigenvalue weighted by Gasteiger charge is -2.38. The smallest absolute Gasteiger partial charge is 0.176 e. The summed E-state index contributed by atoms with van der Waals surface area (Å²) in [4.78, 5) is 0. The van der Waals surface area contributed by atoms with E-state index in [0.29, 0.717) is 5.54 Å². The van der Waals surface area contributed by atoms with Crippen LogP contribution in [0.15, 0.2) is 0 Å². The van der Waals surface area contributed by atoms with E-state index in [9.17, 15) is 0 Å². The van der Waals surface area contributed by atoms with Crippen LogP contribution in [0.5, 0.6) is 0 Å². The zero-order valence-electron chi connectivity index (χ0n) is 12.4. The monoisotopic (exact) mass is 276 g/mol. The molecule has 0 unspecified atom stereocenters. The third-order valence-electron chi connectivity index (χ3n) is 3.07. The molecule has 0 amide bonds. The Hall–Kier alpha value is 0.314. The maximum absolute atomic E-state index is 6.48. The average Bonchev–Trinajstić information content (AvgIpc) is 2.13. The summed E-state index contributed by atoms with van der Waals surface area (Å²) in [5.41, 5.74) is 12.0. The number of rotatable bonds is 9. The first-order valence-corrected chi connectivity index (χ1v) is 13.2. The van der Waals surface area contributed by atoms with Crippen LogP contribution in [-0.2, 0) is 4.12 Å². The summed E-state index contributed by atoms with van der Waals surface area (Å²) in [7, 11) is -3.03. The van der Waals surface area contributed by atoms with Gasteiger partial charge < -0.3 is 15.6 Å². The Balaban J connectivity index is 4.50. The Morgan fingerprint density at radius 3 is 1.59 bits per heavy atom. The third-order valence-corrected chi connectivity index (χ3v) is 10.2. The molecule has 104 valence electrons. The first-order valence-electron chi connectivity index (χ1n) is 6.83.